The van der Waals surface area contributed by atoms with E-state index in [1.807, 2.05) is 12.1 Å². The van der Waals surface area contributed by atoms with E-state index in [1.165, 1.54) is 16.8 Å². The van der Waals surface area contributed by atoms with Crippen LogP contribution in [0.1, 0.15) is 25.0 Å². The van der Waals surface area contributed by atoms with Crippen molar-refractivity contribution in [1.82, 2.24) is 4.48 Å². The summed E-state index contributed by atoms with van der Waals surface area (Å²) in [6.45, 7) is 9.87. The van der Waals surface area contributed by atoms with Gasteiger partial charge in [0.1, 0.15) is 18.0 Å². The molecule has 0 saturated heterocycles. The van der Waals surface area contributed by atoms with Crippen molar-refractivity contribution in [1.29, 1.82) is 0 Å². The zero-order chi connectivity index (χ0) is 21.7. The number of quaternary nitrogens is 1. The summed E-state index contributed by atoms with van der Waals surface area (Å²) in [7, 11) is 1.71. The number of nitrogens with zero attached hydrogens (tertiary/aromatic N) is 1. The molecule has 0 unspecified atom stereocenters. The predicted octanol–water partition coefficient (Wildman–Crippen LogP) is 6.69. The van der Waals surface area contributed by atoms with Gasteiger partial charge in [-0.15, -0.1) is 0 Å². The maximum absolute atomic E-state index is 11.2. The van der Waals surface area contributed by atoms with Crippen LogP contribution in [0.2, 0.25) is 0 Å². The molecule has 2 aromatic carbocycles. The molecule has 28 heavy (non-hydrogen) atoms. The fourth-order valence-corrected chi connectivity index (χ4v) is 2.85. The Bertz CT molecular complexity index is 742. The Morgan fingerprint density at radius 3 is 1.57 bits per heavy atom. The normalized spacial score (nSPS) is 14.4. The molecular formula is C19H26F6NOSb. The number of benzene rings is 2. The van der Waals surface area contributed by atoms with Gasteiger partial charge in [0.05, 0.1) is 20.2 Å². The number of hydrogen-bond donors (Lipinski definition) is 0. The topological polar surface area (TPSA) is 9.23 Å². The molecule has 2 nitrogen and oxygen atoms in total. The second-order valence-electron chi connectivity index (χ2n) is 6.58. The van der Waals surface area contributed by atoms with Crippen molar-refractivity contribution in [2.45, 2.75) is 27.3 Å². The van der Waals surface area contributed by atoms with E-state index < -0.39 is 19.5 Å². The van der Waals surface area contributed by atoms with E-state index in [2.05, 4.69) is 57.2 Å². The molecular weight excluding hydrogens is 494 g/mol. The summed E-state index contributed by atoms with van der Waals surface area (Å²) in [5.74, 6) is 0.917. The first-order valence-electron chi connectivity index (χ1n) is 8.71. The van der Waals surface area contributed by atoms with E-state index in [-0.39, 0.29) is 0 Å². The van der Waals surface area contributed by atoms with Crippen molar-refractivity contribution >= 4 is 25.2 Å². The van der Waals surface area contributed by atoms with Crippen molar-refractivity contribution in [3.05, 3.63) is 59.7 Å². The molecule has 0 saturated carbocycles. The van der Waals surface area contributed by atoms with Crippen molar-refractivity contribution < 1.29 is 21.6 Å². The van der Waals surface area contributed by atoms with Gasteiger partial charge in [-0.1, -0.05) is 17.7 Å². The Kier molecular flexibility index (Phi) is 7.17. The van der Waals surface area contributed by atoms with Crippen LogP contribution in [0.15, 0.2) is 48.5 Å². The van der Waals surface area contributed by atoms with Gasteiger partial charge < -0.3 is 4.74 Å². The fourth-order valence-electron chi connectivity index (χ4n) is 2.85. The molecule has 2 rings (SSSR count). The standard InChI is InChI=1S/C19H26NO.6FH.Sb/c1-5-20(6-2,18-11-7-16(3)8-12-18)15-17-9-13-19(21-4)14-10-17;;;;;;;/h7-14H,5-6,15H2,1-4H3;6*1H;/q+1;;;;;;;+5/p-6. The van der Waals surface area contributed by atoms with Crippen LogP contribution in [0, 0.1) is 6.92 Å². The maximum atomic E-state index is 9.93. The van der Waals surface area contributed by atoms with Gasteiger partial charge in [-0.05, 0) is 57.2 Å². The Labute approximate surface area is 164 Å². The SMILES string of the molecule is CC[N+](CC)(Cc1ccc(OC)cc1)c1ccc(C)cc1.[F][Sb-]([F])([F])([F])([F])[F]. The molecule has 0 spiro atoms. The summed E-state index contributed by atoms with van der Waals surface area (Å²) in [5, 5.41) is 0. The number of rotatable bonds is 6. The quantitative estimate of drug-likeness (QED) is 0.234. The van der Waals surface area contributed by atoms with E-state index >= 15 is 0 Å². The molecule has 9 heteroatoms. The van der Waals surface area contributed by atoms with Crippen LogP contribution in [-0.2, 0) is 6.54 Å². The Hall–Kier alpha value is -1.40. The summed E-state index contributed by atoms with van der Waals surface area (Å²) in [6, 6.07) is 17.4. The predicted molar refractivity (Wildman–Crippen MR) is 103 cm³/mol. The molecule has 0 amide bonds. The van der Waals surface area contributed by atoms with Gasteiger partial charge in [0.2, 0.25) is 0 Å². The number of methoxy groups -OCH3 is 1. The van der Waals surface area contributed by atoms with E-state index in [0.29, 0.717) is 0 Å². The second kappa shape index (κ2) is 8.15. The molecule has 0 aromatic heterocycles. The van der Waals surface area contributed by atoms with Crippen molar-refractivity contribution in [3.63, 3.8) is 0 Å². The van der Waals surface area contributed by atoms with Gasteiger partial charge >= 0.3 is 36.4 Å². The third kappa shape index (κ3) is 9.69. The van der Waals surface area contributed by atoms with E-state index in [4.69, 9.17) is 4.74 Å². The Morgan fingerprint density at radius 1 is 0.786 bits per heavy atom. The number of halogens is 6. The van der Waals surface area contributed by atoms with Crippen LogP contribution in [-0.4, -0.2) is 39.7 Å². The zero-order valence-corrected chi connectivity index (χ0v) is 18.9. The van der Waals surface area contributed by atoms with Gasteiger partial charge in [0.15, 0.2) is 0 Å². The van der Waals surface area contributed by atoms with Crippen molar-refractivity contribution in [3.8, 4) is 5.75 Å². The molecule has 2 aromatic rings. The molecule has 160 valence electrons. The van der Waals surface area contributed by atoms with Gasteiger partial charge in [-0.2, -0.15) is 0 Å². The first kappa shape index (κ1) is 24.6. The van der Waals surface area contributed by atoms with Gasteiger partial charge in [-0.3, -0.25) is 4.48 Å². The van der Waals surface area contributed by atoms with E-state index in [0.717, 1.165) is 29.9 Å². The third-order valence-corrected chi connectivity index (χ3v) is 4.44. The molecule has 0 heterocycles. The number of ether oxygens (including phenoxy) is 1. The summed E-state index contributed by atoms with van der Waals surface area (Å²) >= 11 is -11.2. The molecule has 0 aliphatic carbocycles. The molecule has 0 N–H and O–H groups in total. The third-order valence-electron chi connectivity index (χ3n) is 4.44. The fraction of sp³-hybridized carbons (Fsp3) is 0.368. The number of hydrogen-bond acceptors (Lipinski definition) is 1. The van der Waals surface area contributed by atoms with Crippen LogP contribution >= 0.6 is 0 Å². The minimum atomic E-state index is -11.2. The van der Waals surface area contributed by atoms with Gasteiger partial charge in [0, 0.05) is 5.56 Å². The first-order chi connectivity index (χ1) is 12.6. The Morgan fingerprint density at radius 2 is 1.21 bits per heavy atom. The number of aryl methyl sites for hydroxylation is 1. The first-order valence-corrected chi connectivity index (χ1v) is 14.5. The van der Waals surface area contributed by atoms with E-state index in [1.54, 1.807) is 7.11 Å². The summed E-state index contributed by atoms with van der Waals surface area (Å²) in [5.41, 5.74) is 4.05. The van der Waals surface area contributed by atoms with Crippen molar-refractivity contribution in [2.75, 3.05) is 20.2 Å². The molecule has 0 aliphatic heterocycles. The van der Waals surface area contributed by atoms with Crippen LogP contribution in [0.3, 0.4) is 0 Å². The van der Waals surface area contributed by atoms with Crippen LogP contribution < -0.4 is 9.22 Å². The van der Waals surface area contributed by atoms with Crippen molar-refractivity contribution in [2.24, 2.45) is 0 Å². The summed E-state index contributed by atoms with van der Waals surface area (Å²) in [6.07, 6.45) is 0. The average Bonchev–Trinajstić information content (AvgIpc) is 2.58. The van der Waals surface area contributed by atoms with Gasteiger partial charge in [0.25, 0.3) is 0 Å². The average molecular weight is 520 g/mol. The molecule has 0 atom stereocenters. The summed E-state index contributed by atoms with van der Waals surface area (Å²) in [4.78, 5) is 0. The van der Waals surface area contributed by atoms with E-state index in [9.17, 15) is 16.9 Å². The van der Waals surface area contributed by atoms with Crippen LogP contribution in [0.4, 0.5) is 22.6 Å². The van der Waals surface area contributed by atoms with Crippen LogP contribution in [0.5, 0.6) is 5.75 Å². The zero-order valence-electron chi connectivity index (χ0n) is 16.3. The second-order valence-corrected chi connectivity index (χ2v) is 12.0. The van der Waals surface area contributed by atoms with Gasteiger partial charge in [-0.25, -0.2) is 0 Å². The molecule has 0 aliphatic rings. The minimum absolute atomic E-state index is 0.917. The molecule has 0 fully saturated rings. The molecule has 0 radical (unpaired) electrons. The monoisotopic (exact) mass is 519 g/mol. The summed E-state index contributed by atoms with van der Waals surface area (Å²) < 4.78 is 65.8. The Balaban J connectivity index is 0.000000480. The molecule has 0 bridgehead atoms. The van der Waals surface area contributed by atoms with Crippen LogP contribution in [0.25, 0.3) is 0 Å².